The molecule has 20 heavy (non-hydrogen) atoms. The molecule has 0 fully saturated rings. The molecule has 1 aromatic rings. The first-order valence-electron chi connectivity index (χ1n) is 6.05. The van der Waals surface area contributed by atoms with Gasteiger partial charge in [-0.2, -0.15) is 8.70 Å². The van der Waals surface area contributed by atoms with Crippen molar-refractivity contribution in [3.05, 3.63) is 33.6 Å². The molecular weight excluding hydrogens is 287 g/mol. The molecule has 0 aliphatic rings. The molecular formula is C12H17FN2O4S. The van der Waals surface area contributed by atoms with Gasteiger partial charge in [0, 0.05) is 19.2 Å². The SMILES string of the molecule is CCC(C)N(C)S(=O)(=O)c1cc(C)c(F)c([N+](=O)[O-])c1. The average Bonchev–Trinajstić information content (AvgIpc) is 2.39. The van der Waals surface area contributed by atoms with Crippen LogP contribution in [-0.2, 0) is 10.0 Å². The second-order valence-electron chi connectivity index (χ2n) is 4.61. The van der Waals surface area contributed by atoms with E-state index in [0.717, 1.165) is 16.4 Å². The predicted molar refractivity (Wildman–Crippen MR) is 72.5 cm³/mol. The van der Waals surface area contributed by atoms with Crippen molar-refractivity contribution in [2.75, 3.05) is 7.05 Å². The van der Waals surface area contributed by atoms with Crippen LogP contribution in [0.15, 0.2) is 17.0 Å². The van der Waals surface area contributed by atoms with Crippen LogP contribution in [0.1, 0.15) is 25.8 Å². The molecule has 6 nitrogen and oxygen atoms in total. The number of nitro benzene ring substituents is 1. The normalized spacial score (nSPS) is 13.5. The molecule has 0 aliphatic heterocycles. The Morgan fingerprint density at radius 2 is 2.00 bits per heavy atom. The van der Waals surface area contributed by atoms with Crippen LogP contribution < -0.4 is 0 Å². The van der Waals surface area contributed by atoms with Crippen molar-refractivity contribution in [3.63, 3.8) is 0 Å². The van der Waals surface area contributed by atoms with Crippen molar-refractivity contribution in [2.45, 2.75) is 38.1 Å². The minimum absolute atomic E-state index is 0.0738. The van der Waals surface area contributed by atoms with E-state index in [4.69, 9.17) is 0 Å². The minimum Gasteiger partial charge on any atom is -0.258 e. The highest BCUT2D eigenvalue weighted by atomic mass is 32.2. The third-order valence-electron chi connectivity index (χ3n) is 3.29. The summed E-state index contributed by atoms with van der Waals surface area (Å²) in [5.41, 5.74) is -0.906. The highest BCUT2D eigenvalue weighted by molar-refractivity contribution is 7.89. The fourth-order valence-electron chi connectivity index (χ4n) is 1.66. The van der Waals surface area contributed by atoms with E-state index in [2.05, 4.69) is 0 Å². The first-order valence-corrected chi connectivity index (χ1v) is 7.49. The van der Waals surface area contributed by atoms with E-state index in [-0.39, 0.29) is 16.5 Å². The van der Waals surface area contributed by atoms with Crippen molar-refractivity contribution in [2.24, 2.45) is 0 Å². The van der Waals surface area contributed by atoms with E-state index in [9.17, 15) is 22.9 Å². The molecule has 0 aliphatic carbocycles. The van der Waals surface area contributed by atoms with E-state index in [1.54, 1.807) is 6.92 Å². The Bertz CT molecular complexity index is 631. The standard InChI is InChI=1S/C12H17FN2O4S/c1-5-9(3)14(4)20(18,19)10-6-8(2)12(13)11(7-10)15(16)17/h6-7,9H,5H2,1-4H3. The summed E-state index contributed by atoms with van der Waals surface area (Å²) in [4.78, 5) is 9.57. The summed E-state index contributed by atoms with van der Waals surface area (Å²) in [6, 6.07) is 1.61. The molecule has 1 unspecified atom stereocenters. The lowest BCUT2D eigenvalue weighted by molar-refractivity contribution is -0.387. The molecule has 8 heteroatoms. The van der Waals surface area contributed by atoms with Crippen molar-refractivity contribution in [1.29, 1.82) is 0 Å². The maximum Gasteiger partial charge on any atom is 0.306 e. The molecule has 1 rings (SSSR count). The molecule has 0 bridgehead atoms. The summed E-state index contributed by atoms with van der Waals surface area (Å²) in [7, 11) is -2.49. The highest BCUT2D eigenvalue weighted by Gasteiger charge is 2.28. The Morgan fingerprint density at radius 1 is 1.45 bits per heavy atom. The number of nitrogens with zero attached hydrogens (tertiary/aromatic N) is 2. The van der Waals surface area contributed by atoms with Crippen LogP contribution >= 0.6 is 0 Å². The van der Waals surface area contributed by atoms with Gasteiger partial charge in [0.25, 0.3) is 0 Å². The zero-order valence-corrected chi connectivity index (χ0v) is 12.6. The zero-order chi connectivity index (χ0) is 15.7. The third-order valence-corrected chi connectivity index (χ3v) is 5.24. The summed E-state index contributed by atoms with van der Waals surface area (Å²) in [5.74, 6) is -1.01. The number of nitro groups is 1. The van der Waals surface area contributed by atoms with Gasteiger partial charge in [0.05, 0.1) is 9.82 Å². The topological polar surface area (TPSA) is 80.5 Å². The molecule has 0 saturated carbocycles. The van der Waals surface area contributed by atoms with Crippen molar-refractivity contribution in [3.8, 4) is 0 Å². The van der Waals surface area contributed by atoms with Crippen molar-refractivity contribution in [1.82, 2.24) is 4.31 Å². The summed E-state index contributed by atoms with van der Waals surface area (Å²) in [6.45, 7) is 4.85. The van der Waals surface area contributed by atoms with Crippen molar-refractivity contribution >= 4 is 15.7 Å². The van der Waals surface area contributed by atoms with Crippen molar-refractivity contribution < 1.29 is 17.7 Å². The van der Waals surface area contributed by atoms with Gasteiger partial charge in [0.15, 0.2) is 0 Å². The minimum atomic E-state index is -3.88. The number of sulfonamides is 1. The van der Waals surface area contributed by atoms with Gasteiger partial charge in [-0.05, 0) is 31.9 Å². The molecule has 0 aromatic heterocycles. The van der Waals surface area contributed by atoms with E-state index in [0.29, 0.717) is 6.42 Å². The van der Waals surface area contributed by atoms with Crippen LogP contribution in [-0.4, -0.2) is 30.7 Å². The van der Waals surface area contributed by atoms with Gasteiger partial charge in [0.2, 0.25) is 15.8 Å². The van der Waals surface area contributed by atoms with E-state index >= 15 is 0 Å². The Hall–Kier alpha value is -1.54. The average molecular weight is 304 g/mol. The fourth-order valence-corrected chi connectivity index (χ4v) is 3.20. The number of hydrogen-bond donors (Lipinski definition) is 0. The van der Waals surface area contributed by atoms with Gasteiger partial charge >= 0.3 is 5.69 Å². The molecule has 0 heterocycles. The third kappa shape index (κ3) is 2.96. The number of aryl methyl sites for hydroxylation is 1. The summed E-state index contributed by atoms with van der Waals surface area (Å²) in [5, 5.41) is 10.8. The lowest BCUT2D eigenvalue weighted by Gasteiger charge is -2.23. The number of hydrogen-bond acceptors (Lipinski definition) is 4. The van der Waals surface area contributed by atoms with Crippen LogP contribution in [0.25, 0.3) is 0 Å². The molecule has 0 radical (unpaired) electrons. The Balaban J connectivity index is 3.44. The first kappa shape index (κ1) is 16.5. The van der Waals surface area contributed by atoms with Crippen LogP contribution in [0.4, 0.5) is 10.1 Å². The smallest absolute Gasteiger partial charge is 0.258 e. The largest absolute Gasteiger partial charge is 0.306 e. The lowest BCUT2D eigenvalue weighted by Crippen LogP contribution is -2.34. The van der Waals surface area contributed by atoms with Crippen LogP contribution in [0.2, 0.25) is 0 Å². The maximum absolute atomic E-state index is 13.6. The molecule has 1 atom stereocenters. The first-order chi connectivity index (χ1) is 9.12. The second-order valence-corrected chi connectivity index (χ2v) is 6.61. The Labute approximate surface area is 117 Å². The van der Waals surface area contributed by atoms with Gasteiger partial charge in [-0.1, -0.05) is 6.92 Å². The van der Waals surface area contributed by atoms with Crippen LogP contribution in [0, 0.1) is 22.9 Å². The van der Waals surface area contributed by atoms with Crippen LogP contribution in [0.3, 0.4) is 0 Å². The molecule has 112 valence electrons. The Kier molecular flexibility index (Phi) is 4.82. The van der Waals surface area contributed by atoms with Gasteiger partial charge < -0.3 is 0 Å². The zero-order valence-electron chi connectivity index (χ0n) is 11.8. The number of halogens is 1. The highest BCUT2D eigenvalue weighted by Crippen LogP contribution is 2.27. The molecule has 0 spiro atoms. The monoisotopic (exact) mass is 304 g/mol. The fraction of sp³-hybridized carbons (Fsp3) is 0.500. The van der Waals surface area contributed by atoms with E-state index in [1.807, 2.05) is 6.92 Å². The van der Waals surface area contributed by atoms with E-state index in [1.165, 1.54) is 14.0 Å². The van der Waals surface area contributed by atoms with Gasteiger partial charge in [-0.3, -0.25) is 10.1 Å². The quantitative estimate of drug-likeness (QED) is 0.618. The predicted octanol–water partition coefficient (Wildman–Crippen LogP) is 2.46. The second kappa shape index (κ2) is 5.84. The molecule has 0 saturated heterocycles. The van der Waals surface area contributed by atoms with Gasteiger partial charge in [-0.15, -0.1) is 0 Å². The number of rotatable bonds is 5. The molecule has 0 amide bonds. The Morgan fingerprint density at radius 3 is 2.45 bits per heavy atom. The molecule has 1 aromatic carbocycles. The maximum atomic E-state index is 13.6. The summed E-state index contributed by atoms with van der Waals surface area (Å²) < 4.78 is 39.4. The summed E-state index contributed by atoms with van der Waals surface area (Å²) >= 11 is 0. The number of benzene rings is 1. The molecule has 0 N–H and O–H groups in total. The van der Waals surface area contributed by atoms with E-state index < -0.39 is 26.5 Å². The van der Waals surface area contributed by atoms with Gasteiger partial charge in [0.1, 0.15) is 0 Å². The lowest BCUT2D eigenvalue weighted by atomic mass is 10.2. The van der Waals surface area contributed by atoms with Crippen LogP contribution in [0.5, 0.6) is 0 Å². The van der Waals surface area contributed by atoms with Gasteiger partial charge in [-0.25, -0.2) is 8.42 Å². The summed E-state index contributed by atoms with van der Waals surface area (Å²) in [6.07, 6.45) is 0.595.